The van der Waals surface area contributed by atoms with Crippen molar-refractivity contribution in [3.8, 4) is 5.75 Å². The highest BCUT2D eigenvalue weighted by molar-refractivity contribution is 6.32. The summed E-state index contributed by atoms with van der Waals surface area (Å²) in [4.78, 5) is 23.0. The molecule has 1 fully saturated rings. The van der Waals surface area contributed by atoms with Gasteiger partial charge in [0.05, 0.1) is 23.0 Å². The molecule has 2 N–H and O–H groups in total. The number of amides is 1. The van der Waals surface area contributed by atoms with Crippen molar-refractivity contribution in [1.29, 1.82) is 0 Å². The maximum atomic E-state index is 12.0. The van der Waals surface area contributed by atoms with Gasteiger partial charge in [-0.25, -0.2) is 0 Å². The second-order valence-corrected chi connectivity index (χ2v) is 5.84. The summed E-state index contributed by atoms with van der Waals surface area (Å²) in [5.41, 5.74) is 0.539. The molecule has 0 saturated heterocycles. The highest BCUT2D eigenvalue weighted by Crippen LogP contribution is 2.36. The number of carbonyl (C=O) groups is 2. The van der Waals surface area contributed by atoms with Crippen molar-refractivity contribution in [2.45, 2.75) is 32.8 Å². The van der Waals surface area contributed by atoms with Gasteiger partial charge in [0.2, 0.25) is 5.91 Å². The smallest absolute Gasteiger partial charge is 0.307 e. The van der Waals surface area contributed by atoms with E-state index in [-0.39, 0.29) is 12.0 Å². The van der Waals surface area contributed by atoms with Gasteiger partial charge in [-0.3, -0.25) is 9.59 Å². The van der Waals surface area contributed by atoms with E-state index < -0.39 is 17.8 Å². The van der Waals surface area contributed by atoms with Gasteiger partial charge in [0, 0.05) is 5.69 Å². The molecule has 6 heteroatoms. The molecule has 0 radical (unpaired) electrons. The molecule has 1 aliphatic rings. The number of anilines is 1. The molecule has 1 aliphatic carbocycles. The lowest BCUT2D eigenvalue weighted by Crippen LogP contribution is -2.41. The minimum Gasteiger partial charge on any atom is -0.489 e. The molecule has 1 amide bonds. The molecular weight excluding hydrogens is 294 g/mol. The predicted octanol–water partition coefficient (Wildman–Crippen LogP) is 3.18. The lowest BCUT2D eigenvalue weighted by Gasteiger charge is -2.31. The van der Waals surface area contributed by atoms with E-state index in [1.807, 2.05) is 13.8 Å². The Hall–Kier alpha value is -1.75. The van der Waals surface area contributed by atoms with Crippen LogP contribution < -0.4 is 10.1 Å². The van der Waals surface area contributed by atoms with Crippen molar-refractivity contribution in [2.75, 3.05) is 5.32 Å². The third-order valence-corrected chi connectivity index (χ3v) is 3.79. The molecule has 0 aliphatic heterocycles. The van der Waals surface area contributed by atoms with Crippen LogP contribution in [0.25, 0.3) is 0 Å². The summed E-state index contributed by atoms with van der Waals surface area (Å²) in [6.07, 6.45) is 1.16. The molecule has 2 unspecified atom stereocenters. The number of benzene rings is 1. The molecule has 1 saturated carbocycles. The largest absolute Gasteiger partial charge is 0.489 e. The number of rotatable bonds is 5. The van der Waals surface area contributed by atoms with Crippen molar-refractivity contribution in [2.24, 2.45) is 11.8 Å². The molecule has 0 aromatic heterocycles. The van der Waals surface area contributed by atoms with Gasteiger partial charge in [0.15, 0.2) is 0 Å². The molecule has 0 spiro atoms. The average molecular weight is 312 g/mol. The Kier molecular flexibility index (Phi) is 4.73. The number of carbonyl (C=O) groups excluding carboxylic acids is 1. The first-order valence-electron chi connectivity index (χ1n) is 6.88. The number of hydrogen-bond donors (Lipinski definition) is 2. The monoisotopic (exact) mass is 311 g/mol. The maximum absolute atomic E-state index is 12.0. The van der Waals surface area contributed by atoms with E-state index in [0.29, 0.717) is 29.3 Å². The number of carboxylic acids is 1. The molecule has 2 rings (SSSR count). The number of aliphatic carboxylic acids is 1. The minimum atomic E-state index is -0.917. The lowest BCUT2D eigenvalue weighted by molar-refractivity contribution is -0.151. The summed E-state index contributed by atoms with van der Waals surface area (Å²) in [7, 11) is 0. The summed E-state index contributed by atoms with van der Waals surface area (Å²) < 4.78 is 5.51. The fourth-order valence-electron chi connectivity index (χ4n) is 2.27. The Balaban J connectivity index is 2.01. The van der Waals surface area contributed by atoms with Crippen molar-refractivity contribution in [1.82, 2.24) is 0 Å². The molecule has 0 bridgehead atoms. The zero-order valence-corrected chi connectivity index (χ0v) is 12.7. The quantitative estimate of drug-likeness (QED) is 0.875. The van der Waals surface area contributed by atoms with Gasteiger partial charge in [-0.15, -0.1) is 0 Å². The fourth-order valence-corrected chi connectivity index (χ4v) is 2.50. The second-order valence-electron chi connectivity index (χ2n) is 5.43. The van der Waals surface area contributed by atoms with Crippen LogP contribution in [0.3, 0.4) is 0 Å². The van der Waals surface area contributed by atoms with E-state index in [4.69, 9.17) is 21.4 Å². The summed E-state index contributed by atoms with van der Waals surface area (Å²) >= 11 is 6.09. The number of ether oxygens (including phenoxy) is 1. The first kappa shape index (κ1) is 15.6. The standard InChI is InChI=1S/C15H18ClNO4/c1-8(2)21-13-6-3-9(7-12(13)16)17-14(18)10-4-5-11(10)15(19)20/h3,6-8,10-11H,4-5H2,1-2H3,(H,17,18)(H,19,20). The maximum Gasteiger partial charge on any atom is 0.307 e. The van der Waals surface area contributed by atoms with Crippen LogP contribution in [0.15, 0.2) is 18.2 Å². The van der Waals surface area contributed by atoms with Gasteiger partial charge in [-0.1, -0.05) is 11.6 Å². The second kappa shape index (κ2) is 6.35. The minimum absolute atomic E-state index is 0.00856. The van der Waals surface area contributed by atoms with Gasteiger partial charge < -0.3 is 15.2 Å². The number of carboxylic acid groups (broad SMARTS) is 1. The van der Waals surface area contributed by atoms with E-state index in [0.717, 1.165) is 0 Å². The summed E-state index contributed by atoms with van der Waals surface area (Å²) in [6.45, 7) is 3.79. The molecule has 1 aromatic carbocycles. The summed E-state index contributed by atoms with van der Waals surface area (Å²) in [5.74, 6) is -1.68. The fraction of sp³-hybridized carbons (Fsp3) is 0.467. The van der Waals surface area contributed by atoms with Gasteiger partial charge in [-0.2, -0.15) is 0 Å². The van der Waals surface area contributed by atoms with E-state index in [2.05, 4.69) is 5.32 Å². The topological polar surface area (TPSA) is 75.6 Å². The third kappa shape index (κ3) is 3.67. The Morgan fingerprint density at radius 2 is 2.00 bits per heavy atom. The van der Waals surface area contributed by atoms with Crippen LogP contribution >= 0.6 is 11.6 Å². The molecular formula is C15H18ClNO4. The van der Waals surface area contributed by atoms with Crippen molar-refractivity contribution in [3.63, 3.8) is 0 Å². The molecule has 1 aromatic rings. The van der Waals surface area contributed by atoms with E-state index in [1.54, 1.807) is 18.2 Å². The van der Waals surface area contributed by atoms with E-state index >= 15 is 0 Å². The average Bonchev–Trinajstić information content (AvgIpc) is 2.29. The zero-order valence-electron chi connectivity index (χ0n) is 11.9. The van der Waals surface area contributed by atoms with Crippen LogP contribution in [0.5, 0.6) is 5.75 Å². The first-order valence-corrected chi connectivity index (χ1v) is 7.26. The predicted molar refractivity (Wildman–Crippen MR) is 79.7 cm³/mol. The van der Waals surface area contributed by atoms with Crippen molar-refractivity contribution < 1.29 is 19.4 Å². The number of halogens is 1. The van der Waals surface area contributed by atoms with Crippen molar-refractivity contribution in [3.05, 3.63) is 23.2 Å². The number of hydrogen-bond acceptors (Lipinski definition) is 3. The van der Waals surface area contributed by atoms with Gasteiger partial charge >= 0.3 is 5.97 Å². The Morgan fingerprint density at radius 1 is 1.33 bits per heavy atom. The van der Waals surface area contributed by atoms with Gasteiger partial charge in [-0.05, 0) is 44.9 Å². The van der Waals surface area contributed by atoms with Gasteiger partial charge in [0.1, 0.15) is 5.75 Å². The highest BCUT2D eigenvalue weighted by Gasteiger charge is 2.41. The van der Waals surface area contributed by atoms with Crippen LogP contribution in [-0.2, 0) is 9.59 Å². The molecule has 0 heterocycles. The first-order chi connectivity index (χ1) is 9.88. The summed E-state index contributed by atoms with van der Waals surface area (Å²) in [5, 5.41) is 12.1. The Morgan fingerprint density at radius 3 is 2.48 bits per heavy atom. The molecule has 2 atom stereocenters. The van der Waals surface area contributed by atoms with Crippen molar-refractivity contribution >= 4 is 29.2 Å². The SMILES string of the molecule is CC(C)Oc1ccc(NC(=O)C2CCC2C(=O)O)cc1Cl. The highest BCUT2D eigenvalue weighted by atomic mass is 35.5. The van der Waals surface area contributed by atoms with E-state index in [9.17, 15) is 9.59 Å². The number of nitrogens with one attached hydrogen (secondary N) is 1. The van der Waals surface area contributed by atoms with Crippen LogP contribution in [0.1, 0.15) is 26.7 Å². The normalized spacial score (nSPS) is 20.8. The lowest BCUT2D eigenvalue weighted by atomic mass is 9.73. The van der Waals surface area contributed by atoms with E-state index in [1.165, 1.54) is 0 Å². The molecule has 21 heavy (non-hydrogen) atoms. The summed E-state index contributed by atoms with van der Waals surface area (Å²) in [6, 6.07) is 4.98. The van der Waals surface area contributed by atoms with Gasteiger partial charge in [0.25, 0.3) is 0 Å². The van der Waals surface area contributed by atoms with Crippen LogP contribution in [0, 0.1) is 11.8 Å². The van der Waals surface area contributed by atoms with Crippen LogP contribution in [0.4, 0.5) is 5.69 Å². The third-order valence-electron chi connectivity index (χ3n) is 3.49. The van der Waals surface area contributed by atoms with Crippen LogP contribution in [0.2, 0.25) is 5.02 Å². The Labute approximate surface area is 128 Å². The zero-order chi connectivity index (χ0) is 15.6. The molecule has 5 nitrogen and oxygen atoms in total. The van der Waals surface area contributed by atoms with Crippen LogP contribution in [-0.4, -0.2) is 23.1 Å². The molecule has 114 valence electrons. The Bertz CT molecular complexity index is 559.